The van der Waals surface area contributed by atoms with Gasteiger partial charge in [-0.1, -0.05) is 111 Å². The van der Waals surface area contributed by atoms with E-state index in [1.165, 1.54) is 109 Å². The molecule has 162 valence electrons. The Morgan fingerprint density at radius 1 is 0.778 bits per heavy atom. The molecule has 1 aliphatic rings. The Balaban J connectivity index is 1.93. The van der Waals surface area contributed by atoms with Gasteiger partial charge in [-0.3, -0.25) is 0 Å². The van der Waals surface area contributed by atoms with Crippen LogP contribution < -0.4 is 0 Å². The normalized spacial score (nSPS) is 26.0. The minimum Gasteiger partial charge on any atom is -0.390 e. The average Bonchev–Trinajstić information content (AvgIpc) is 2.62. The van der Waals surface area contributed by atoms with E-state index < -0.39 is 5.60 Å². The topological polar surface area (TPSA) is 20.2 Å². The zero-order chi connectivity index (χ0) is 20.0. The number of hydrogen-bond acceptors (Lipinski definition) is 1. The van der Waals surface area contributed by atoms with Crippen molar-refractivity contribution in [1.29, 1.82) is 0 Å². The van der Waals surface area contributed by atoms with Gasteiger partial charge in [-0.2, -0.15) is 0 Å². The summed E-state index contributed by atoms with van der Waals surface area (Å²) < 4.78 is 0. The molecule has 0 amide bonds. The number of hydrogen-bond donors (Lipinski definition) is 1. The van der Waals surface area contributed by atoms with Gasteiger partial charge >= 0.3 is 0 Å². The third-order valence-electron chi connectivity index (χ3n) is 7.34. The molecule has 1 N–H and O–H groups in total. The van der Waals surface area contributed by atoms with Gasteiger partial charge < -0.3 is 5.11 Å². The van der Waals surface area contributed by atoms with E-state index >= 15 is 0 Å². The zero-order valence-corrected chi connectivity index (χ0v) is 19.4. The van der Waals surface area contributed by atoms with Gasteiger partial charge in [-0.05, 0) is 50.4 Å². The standard InChI is InChI=1S/C26H52O/c1-5-6-7-8-9-10-11-12-13-14-15-16-17-18-19-25-22-24(23(2)3)20-21-26(25,4)27/h23-25,27H,5-22H2,1-4H3. The highest BCUT2D eigenvalue weighted by molar-refractivity contribution is 4.90. The lowest BCUT2D eigenvalue weighted by Gasteiger charge is -2.42. The molecular weight excluding hydrogens is 328 g/mol. The molecular formula is C26H52O. The predicted octanol–water partition coefficient (Wildman–Crippen LogP) is 8.68. The third kappa shape index (κ3) is 11.5. The summed E-state index contributed by atoms with van der Waals surface area (Å²) in [4.78, 5) is 0. The fourth-order valence-corrected chi connectivity index (χ4v) is 5.04. The van der Waals surface area contributed by atoms with Crippen molar-refractivity contribution in [2.75, 3.05) is 0 Å². The molecule has 0 radical (unpaired) electrons. The largest absolute Gasteiger partial charge is 0.390 e. The number of aliphatic hydroxyl groups is 1. The maximum Gasteiger partial charge on any atom is 0.0648 e. The highest BCUT2D eigenvalue weighted by Crippen LogP contribution is 2.42. The zero-order valence-electron chi connectivity index (χ0n) is 19.4. The van der Waals surface area contributed by atoms with Crippen LogP contribution in [0.15, 0.2) is 0 Å². The smallest absolute Gasteiger partial charge is 0.0648 e. The molecule has 0 bridgehead atoms. The van der Waals surface area contributed by atoms with Crippen molar-refractivity contribution in [3.8, 4) is 0 Å². The van der Waals surface area contributed by atoms with Crippen molar-refractivity contribution >= 4 is 0 Å². The minimum atomic E-state index is -0.401. The van der Waals surface area contributed by atoms with E-state index in [0.29, 0.717) is 5.92 Å². The summed E-state index contributed by atoms with van der Waals surface area (Å²) in [6, 6.07) is 0. The monoisotopic (exact) mass is 380 g/mol. The molecule has 0 aromatic carbocycles. The summed E-state index contributed by atoms with van der Waals surface area (Å²) >= 11 is 0. The molecule has 1 nitrogen and oxygen atoms in total. The van der Waals surface area contributed by atoms with E-state index in [2.05, 4.69) is 27.7 Å². The fraction of sp³-hybridized carbons (Fsp3) is 1.00. The van der Waals surface area contributed by atoms with Crippen LogP contribution >= 0.6 is 0 Å². The molecule has 27 heavy (non-hydrogen) atoms. The van der Waals surface area contributed by atoms with Crippen molar-refractivity contribution in [3.05, 3.63) is 0 Å². The SMILES string of the molecule is CCCCCCCCCCCCCCCCC1CC(C(C)C)CCC1(C)O. The maximum atomic E-state index is 10.7. The first-order chi connectivity index (χ1) is 13.0. The predicted molar refractivity (Wildman–Crippen MR) is 121 cm³/mol. The van der Waals surface area contributed by atoms with Gasteiger partial charge in [-0.15, -0.1) is 0 Å². The van der Waals surface area contributed by atoms with Gasteiger partial charge in [0.15, 0.2) is 0 Å². The Morgan fingerprint density at radius 3 is 1.67 bits per heavy atom. The highest BCUT2D eigenvalue weighted by atomic mass is 16.3. The van der Waals surface area contributed by atoms with Crippen molar-refractivity contribution in [2.24, 2.45) is 17.8 Å². The first-order valence-electron chi connectivity index (χ1n) is 12.7. The minimum absolute atomic E-state index is 0.401. The Hall–Kier alpha value is -0.0400. The molecule has 0 aliphatic heterocycles. The van der Waals surface area contributed by atoms with Crippen LogP contribution in [0.25, 0.3) is 0 Å². The van der Waals surface area contributed by atoms with Crippen LogP contribution in [0.5, 0.6) is 0 Å². The molecule has 1 aliphatic carbocycles. The van der Waals surface area contributed by atoms with Crippen LogP contribution in [0.3, 0.4) is 0 Å². The van der Waals surface area contributed by atoms with Crippen molar-refractivity contribution in [2.45, 2.75) is 149 Å². The summed E-state index contributed by atoms with van der Waals surface area (Å²) in [6.45, 7) is 9.10. The molecule has 0 aromatic heterocycles. The van der Waals surface area contributed by atoms with Gasteiger partial charge in [0, 0.05) is 0 Å². The van der Waals surface area contributed by atoms with E-state index in [1.54, 1.807) is 0 Å². The van der Waals surface area contributed by atoms with Gasteiger partial charge in [-0.25, -0.2) is 0 Å². The molecule has 1 fully saturated rings. The van der Waals surface area contributed by atoms with E-state index in [0.717, 1.165) is 18.3 Å². The molecule has 3 unspecified atom stereocenters. The molecule has 1 rings (SSSR count). The van der Waals surface area contributed by atoms with E-state index in [4.69, 9.17) is 0 Å². The quantitative estimate of drug-likeness (QED) is 0.265. The molecule has 0 aromatic rings. The van der Waals surface area contributed by atoms with E-state index in [-0.39, 0.29) is 0 Å². The molecule has 0 heterocycles. The van der Waals surface area contributed by atoms with Crippen LogP contribution in [0, 0.1) is 17.8 Å². The van der Waals surface area contributed by atoms with Crippen LogP contribution in [-0.2, 0) is 0 Å². The second-order valence-electron chi connectivity index (χ2n) is 10.2. The Kier molecular flexibility index (Phi) is 13.8. The second-order valence-corrected chi connectivity index (χ2v) is 10.2. The summed E-state index contributed by atoms with van der Waals surface area (Å²) in [5.74, 6) is 2.15. The maximum absolute atomic E-state index is 10.7. The first-order valence-corrected chi connectivity index (χ1v) is 12.7. The lowest BCUT2D eigenvalue weighted by Crippen LogP contribution is -2.41. The van der Waals surface area contributed by atoms with Crippen LogP contribution in [0.4, 0.5) is 0 Å². The highest BCUT2D eigenvalue weighted by Gasteiger charge is 2.38. The fourth-order valence-electron chi connectivity index (χ4n) is 5.04. The number of unbranched alkanes of at least 4 members (excludes halogenated alkanes) is 13. The summed E-state index contributed by atoms with van der Waals surface area (Å²) in [5.41, 5.74) is -0.401. The second kappa shape index (κ2) is 14.9. The van der Waals surface area contributed by atoms with Crippen molar-refractivity contribution in [1.82, 2.24) is 0 Å². The van der Waals surface area contributed by atoms with E-state index in [1.807, 2.05) is 0 Å². The van der Waals surface area contributed by atoms with Crippen molar-refractivity contribution in [3.63, 3.8) is 0 Å². The molecule has 1 saturated carbocycles. The lowest BCUT2D eigenvalue weighted by molar-refractivity contribution is -0.0561. The van der Waals surface area contributed by atoms with Crippen molar-refractivity contribution < 1.29 is 5.11 Å². The van der Waals surface area contributed by atoms with Gasteiger partial charge in [0.25, 0.3) is 0 Å². The molecule has 1 heteroatoms. The summed E-state index contributed by atoms with van der Waals surface area (Å²) in [7, 11) is 0. The Labute approximate surface area is 172 Å². The molecule has 3 atom stereocenters. The van der Waals surface area contributed by atoms with Gasteiger partial charge in [0.2, 0.25) is 0 Å². The summed E-state index contributed by atoms with van der Waals surface area (Å²) in [5, 5.41) is 10.7. The number of rotatable bonds is 16. The third-order valence-corrected chi connectivity index (χ3v) is 7.34. The van der Waals surface area contributed by atoms with E-state index in [9.17, 15) is 5.11 Å². The molecule has 0 spiro atoms. The summed E-state index contributed by atoms with van der Waals surface area (Å²) in [6.07, 6.45) is 24.7. The lowest BCUT2D eigenvalue weighted by atomic mass is 9.67. The van der Waals surface area contributed by atoms with Crippen LogP contribution in [0.1, 0.15) is 143 Å². The van der Waals surface area contributed by atoms with Crippen LogP contribution in [-0.4, -0.2) is 10.7 Å². The molecule has 0 saturated heterocycles. The van der Waals surface area contributed by atoms with Gasteiger partial charge in [0.05, 0.1) is 5.60 Å². The average molecular weight is 381 g/mol. The Bertz CT molecular complexity index is 333. The first kappa shape index (κ1) is 25.0. The Morgan fingerprint density at radius 2 is 1.22 bits per heavy atom. The van der Waals surface area contributed by atoms with Gasteiger partial charge in [0.1, 0.15) is 0 Å². The van der Waals surface area contributed by atoms with Crippen LogP contribution in [0.2, 0.25) is 0 Å².